The molecule has 0 radical (unpaired) electrons. The van der Waals surface area contributed by atoms with Gasteiger partial charge in [-0.2, -0.15) is 0 Å². The Balaban J connectivity index is 1.57. The van der Waals surface area contributed by atoms with Gasteiger partial charge in [0.1, 0.15) is 0 Å². The molecular weight excluding hydrogens is 354 g/mol. The largest absolute Gasteiger partial charge is 0.350 e. The van der Waals surface area contributed by atoms with Crippen LogP contribution in [0.4, 0.5) is 5.69 Å². The molecule has 0 fully saturated rings. The lowest BCUT2D eigenvalue weighted by Crippen LogP contribution is -2.31. The van der Waals surface area contributed by atoms with E-state index >= 15 is 0 Å². The number of aryl methyl sites for hydroxylation is 1. The summed E-state index contributed by atoms with van der Waals surface area (Å²) in [5, 5.41) is 8.63. The molecule has 1 atom stereocenters. The van der Waals surface area contributed by atoms with E-state index in [0.717, 1.165) is 23.2 Å². The van der Waals surface area contributed by atoms with E-state index in [1.165, 1.54) is 0 Å². The highest BCUT2D eigenvalue weighted by Crippen LogP contribution is 2.23. The first kappa shape index (κ1) is 19.6. The van der Waals surface area contributed by atoms with Gasteiger partial charge in [-0.15, -0.1) is 0 Å². The van der Waals surface area contributed by atoms with Crippen molar-refractivity contribution in [3.63, 3.8) is 0 Å². The van der Waals surface area contributed by atoms with Crippen LogP contribution in [-0.4, -0.2) is 23.8 Å². The molecule has 0 unspecified atom stereocenters. The van der Waals surface area contributed by atoms with Crippen LogP contribution in [0.15, 0.2) is 42.5 Å². The van der Waals surface area contributed by atoms with Crippen LogP contribution in [0, 0.1) is 0 Å². The summed E-state index contributed by atoms with van der Waals surface area (Å²) in [6.07, 6.45) is 1.96. The zero-order valence-electron chi connectivity index (χ0n) is 16.2. The highest BCUT2D eigenvalue weighted by Gasteiger charge is 2.16. The van der Waals surface area contributed by atoms with Crippen LogP contribution in [-0.2, 0) is 17.8 Å². The van der Waals surface area contributed by atoms with Gasteiger partial charge in [-0.05, 0) is 61.2 Å². The molecule has 1 aliphatic heterocycles. The van der Waals surface area contributed by atoms with Crippen molar-refractivity contribution >= 4 is 23.4 Å². The molecule has 1 aliphatic rings. The Labute approximate surface area is 164 Å². The van der Waals surface area contributed by atoms with Crippen LogP contribution in [0.5, 0.6) is 0 Å². The average Bonchev–Trinajstić information content (AvgIpc) is 2.71. The van der Waals surface area contributed by atoms with Crippen molar-refractivity contribution in [1.29, 1.82) is 0 Å². The normalized spacial score (nSPS) is 13.9. The van der Waals surface area contributed by atoms with Crippen molar-refractivity contribution in [2.75, 3.05) is 5.32 Å². The number of fused-ring (bicyclic) bond motifs is 1. The first-order chi connectivity index (χ1) is 13.5. The van der Waals surface area contributed by atoms with Gasteiger partial charge in [-0.1, -0.05) is 19.1 Å². The summed E-state index contributed by atoms with van der Waals surface area (Å²) >= 11 is 0. The Morgan fingerprint density at radius 1 is 1.04 bits per heavy atom. The molecule has 0 spiro atoms. The highest BCUT2D eigenvalue weighted by atomic mass is 16.2. The SMILES string of the molecule is CC[C@H](C)NC(=O)c1ccc(CNC(=O)c2ccc3c(c2)CCC(=O)N3)cc1. The van der Waals surface area contributed by atoms with Crippen molar-refractivity contribution in [2.24, 2.45) is 0 Å². The molecule has 6 nitrogen and oxygen atoms in total. The average molecular weight is 379 g/mol. The topological polar surface area (TPSA) is 87.3 Å². The summed E-state index contributed by atoms with van der Waals surface area (Å²) in [5.41, 5.74) is 3.84. The van der Waals surface area contributed by atoms with Crippen molar-refractivity contribution in [3.8, 4) is 0 Å². The van der Waals surface area contributed by atoms with Gasteiger partial charge in [0.25, 0.3) is 11.8 Å². The number of nitrogens with one attached hydrogen (secondary N) is 3. The number of hydrogen-bond donors (Lipinski definition) is 3. The fraction of sp³-hybridized carbons (Fsp3) is 0.318. The van der Waals surface area contributed by atoms with E-state index in [-0.39, 0.29) is 23.8 Å². The predicted molar refractivity (Wildman–Crippen MR) is 108 cm³/mol. The van der Waals surface area contributed by atoms with Crippen LogP contribution < -0.4 is 16.0 Å². The minimum atomic E-state index is -0.168. The quantitative estimate of drug-likeness (QED) is 0.721. The predicted octanol–water partition coefficient (Wildman–Crippen LogP) is 3.03. The smallest absolute Gasteiger partial charge is 0.251 e. The minimum absolute atomic E-state index is 0.00554. The summed E-state index contributed by atoms with van der Waals surface area (Å²) in [6, 6.07) is 12.7. The Morgan fingerprint density at radius 2 is 1.75 bits per heavy atom. The number of hydrogen-bond acceptors (Lipinski definition) is 3. The van der Waals surface area contributed by atoms with Crippen LogP contribution in [0.25, 0.3) is 0 Å². The summed E-state index contributed by atoms with van der Waals surface area (Å²) in [4.78, 5) is 36.0. The van der Waals surface area contributed by atoms with Crippen LogP contribution in [0.2, 0.25) is 0 Å². The molecule has 3 N–H and O–H groups in total. The molecule has 0 aromatic heterocycles. The molecule has 2 aromatic rings. The van der Waals surface area contributed by atoms with Crippen LogP contribution >= 0.6 is 0 Å². The van der Waals surface area contributed by atoms with Gasteiger partial charge in [0.05, 0.1) is 0 Å². The van der Waals surface area contributed by atoms with Gasteiger partial charge in [0.2, 0.25) is 5.91 Å². The molecule has 0 saturated heterocycles. The molecule has 0 bridgehead atoms. The molecule has 2 aromatic carbocycles. The number of amides is 3. The van der Waals surface area contributed by atoms with Gasteiger partial charge in [-0.3, -0.25) is 14.4 Å². The van der Waals surface area contributed by atoms with E-state index in [9.17, 15) is 14.4 Å². The highest BCUT2D eigenvalue weighted by molar-refractivity contribution is 5.98. The van der Waals surface area contributed by atoms with Crippen molar-refractivity contribution in [2.45, 2.75) is 45.7 Å². The third kappa shape index (κ3) is 4.76. The maximum atomic E-state index is 12.4. The lowest BCUT2D eigenvalue weighted by atomic mass is 10.00. The maximum absolute atomic E-state index is 12.4. The van der Waals surface area contributed by atoms with Crippen molar-refractivity contribution in [1.82, 2.24) is 10.6 Å². The maximum Gasteiger partial charge on any atom is 0.251 e. The minimum Gasteiger partial charge on any atom is -0.350 e. The Morgan fingerprint density at radius 3 is 2.46 bits per heavy atom. The second-order valence-corrected chi connectivity index (χ2v) is 7.08. The van der Waals surface area contributed by atoms with Gasteiger partial charge in [0.15, 0.2) is 0 Å². The third-order valence-electron chi connectivity index (χ3n) is 4.92. The van der Waals surface area contributed by atoms with Crippen molar-refractivity contribution in [3.05, 3.63) is 64.7 Å². The monoisotopic (exact) mass is 379 g/mol. The van der Waals surface area contributed by atoms with E-state index in [0.29, 0.717) is 30.5 Å². The van der Waals surface area contributed by atoms with Crippen molar-refractivity contribution < 1.29 is 14.4 Å². The number of anilines is 1. The van der Waals surface area contributed by atoms with E-state index in [4.69, 9.17) is 0 Å². The first-order valence-electron chi connectivity index (χ1n) is 9.57. The van der Waals surface area contributed by atoms with E-state index in [1.54, 1.807) is 24.3 Å². The number of carbonyl (C=O) groups is 3. The molecular formula is C22H25N3O3. The zero-order valence-corrected chi connectivity index (χ0v) is 16.2. The fourth-order valence-electron chi connectivity index (χ4n) is 2.99. The Bertz CT molecular complexity index is 890. The number of benzene rings is 2. The van der Waals surface area contributed by atoms with Gasteiger partial charge in [0, 0.05) is 35.8 Å². The van der Waals surface area contributed by atoms with Gasteiger partial charge >= 0.3 is 0 Å². The van der Waals surface area contributed by atoms with E-state index < -0.39 is 0 Å². The lowest BCUT2D eigenvalue weighted by molar-refractivity contribution is -0.116. The second kappa shape index (κ2) is 8.69. The molecule has 3 rings (SSSR count). The molecule has 0 aliphatic carbocycles. The molecule has 6 heteroatoms. The molecule has 146 valence electrons. The summed E-state index contributed by atoms with van der Waals surface area (Å²) < 4.78 is 0. The summed E-state index contributed by atoms with van der Waals surface area (Å²) in [7, 11) is 0. The van der Waals surface area contributed by atoms with Gasteiger partial charge < -0.3 is 16.0 Å². The van der Waals surface area contributed by atoms with Crippen LogP contribution in [0.3, 0.4) is 0 Å². The number of rotatable bonds is 6. The second-order valence-electron chi connectivity index (χ2n) is 7.08. The Kier molecular flexibility index (Phi) is 6.09. The number of carbonyl (C=O) groups excluding carboxylic acids is 3. The zero-order chi connectivity index (χ0) is 20.1. The standard InChI is InChI=1S/C22H25N3O3/c1-3-14(2)24-22(28)16-6-4-15(5-7-16)13-23-21(27)18-8-10-19-17(12-18)9-11-20(26)25-19/h4-8,10,12,14H,3,9,11,13H2,1-2H3,(H,23,27)(H,24,28)(H,25,26)/t14-/m0/s1. The van der Waals surface area contributed by atoms with Gasteiger partial charge in [-0.25, -0.2) is 0 Å². The first-order valence-corrected chi connectivity index (χ1v) is 9.57. The molecule has 3 amide bonds. The fourth-order valence-corrected chi connectivity index (χ4v) is 2.99. The van der Waals surface area contributed by atoms with E-state index in [1.807, 2.05) is 32.0 Å². The molecule has 1 heterocycles. The summed E-state index contributed by atoms with van der Waals surface area (Å²) in [6.45, 7) is 4.37. The summed E-state index contributed by atoms with van der Waals surface area (Å²) in [5.74, 6) is -0.254. The Hall–Kier alpha value is -3.15. The molecule has 28 heavy (non-hydrogen) atoms. The third-order valence-corrected chi connectivity index (χ3v) is 4.92. The van der Waals surface area contributed by atoms with E-state index in [2.05, 4.69) is 16.0 Å². The van der Waals surface area contributed by atoms with Crippen LogP contribution in [0.1, 0.15) is 58.5 Å². The molecule has 0 saturated carbocycles. The lowest BCUT2D eigenvalue weighted by Gasteiger charge is -2.17.